The number of aromatic nitrogens is 2. The molecule has 2 aliphatic rings. The molecule has 0 spiro atoms. The molecule has 106 valence electrons. The molecule has 0 aromatic carbocycles. The van der Waals surface area contributed by atoms with Crippen LogP contribution in [-0.4, -0.2) is 46.4 Å². The van der Waals surface area contributed by atoms with Gasteiger partial charge in [-0.1, -0.05) is 6.42 Å². The number of hydrogen-bond acceptors (Lipinski definition) is 3. The van der Waals surface area contributed by atoms with Crippen LogP contribution in [0.3, 0.4) is 0 Å². The molecule has 3 rings (SSSR count). The Kier molecular flexibility index (Phi) is 3.89. The highest BCUT2D eigenvalue weighted by Crippen LogP contribution is 2.33. The van der Waals surface area contributed by atoms with Crippen LogP contribution in [0.4, 0.5) is 0 Å². The molecule has 1 aromatic rings. The number of piperidine rings is 2. The molecule has 4 heteroatoms. The minimum atomic E-state index is 0.737. The van der Waals surface area contributed by atoms with Crippen molar-refractivity contribution in [2.45, 2.75) is 56.7 Å². The lowest BCUT2D eigenvalue weighted by molar-refractivity contribution is 0.0268. The average molecular weight is 262 g/mol. The maximum atomic E-state index is 4.50. The molecule has 0 amide bonds. The van der Waals surface area contributed by atoms with Gasteiger partial charge in [0.1, 0.15) is 0 Å². The van der Waals surface area contributed by atoms with Crippen molar-refractivity contribution in [1.29, 1.82) is 0 Å². The largest absolute Gasteiger partial charge is 0.317 e. The molecule has 2 fully saturated rings. The van der Waals surface area contributed by atoms with E-state index in [9.17, 15) is 0 Å². The van der Waals surface area contributed by atoms with Crippen molar-refractivity contribution < 1.29 is 0 Å². The Balaban J connectivity index is 1.61. The first kappa shape index (κ1) is 13.1. The van der Waals surface area contributed by atoms with E-state index in [-0.39, 0.29) is 0 Å². The Labute approximate surface area is 116 Å². The second-order valence-electron chi connectivity index (χ2n) is 6.16. The molecule has 19 heavy (non-hydrogen) atoms. The molecule has 2 unspecified atom stereocenters. The van der Waals surface area contributed by atoms with Crippen LogP contribution in [0, 0.1) is 0 Å². The second kappa shape index (κ2) is 5.63. The smallest absolute Gasteiger partial charge is 0.0637 e. The lowest BCUT2D eigenvalue weighted by atomic mass is 9.81. The number of rotatable bonds is 4. The summed E-state index contributed by atoms with van der Waals surface area (Å²) in [7, 11) is 4.11. The van der Waals surface area contributed by atoms with Crippen molar-refractivity contribution in [1.82, 2.24) is 20.0 Å². The quantitative estimate of drug-likeness (QED) is 0.894. The molecule has 3 heterocycles. The fraction of sp³-hybridized carbons (Fsp3) is 0.800. The molecule has 2 aliphatic heterocycles. The van der Waals surface area contributed by atoms with Gasteiger partial charge in [-0.15, -0.1) is 0 Å². The van der Waals surface area contributed by atoms with Gasteiger partial charge >= 0.3 is 0 Å². The van der Waals surface area contributed by atoms with Crippen molar-refractivity contribution in [3.63, 3.8) is 0 Å². The Morgan fingerprint density at radius 3 is 2.63 bits per heavy atom. The van der Waals surface area contributed by atoms with Gasteiger partial charge in [-0.05, 0) is 38.8 Å². The van der Waals surface area contributed by atoms with Gasteiger partial charge in [0.05, 0.1) is 5.69 Å². The minimum Gasteiger partial charge on any atom is -0.317 e. The van der Waals surface area contributed by atoms with Crippen LogP contribution in [-0.2, 0) is 13.5 Å². The van der Waals surface area contributed by atoms with E-state index in [0.717, 1.165) is 24.5 Å². The maximum Gasteiger partial charge on any atom is 0.0637 e. The van der Waals surface area contributed by atoms with Gasteiger partial charge in [-0.25, -0.2) is 0 Å². The van der Waals surface area contributed by atoms with Gasteiger partial charge in [0.2, 0.25) is 0 Å². The highest BCUT2D eigenvalue weighted by molar-refractivity contribution is 5.01. The molecule has 2 bridgehead atoms. The third kappa shape index (κ3) is 2.84. The van der Waals surface area contributed by atoms with Crippen LogP contribution in [0.5, 0.6) is 0 Å². The molecule has 4 nitrogen and oxygen atoms in total. The highest BCUT2D eigenvalue weighted by Gasteiger charge is 2.37. The topological polar surface area (TPSA) is 33.1 Å². The summed E-state index contributed by atoms with van der Waals surface area (Å²) < 4.78 is 1.91. The van der Waals surface area contributed by atoms with E-state index in [0.29, 0.717) is 0 Å². The van der Waals surface area contributed by atoms with Crippen LogP contribution in [0.25, 0.3) is 0 Å². The molecule has 2 saturated heterocycles. The summed E-state index contributed by atoms with van der Waals surface area (Å²) in [5, 5.41) is 7.99. The zero-order valence-electron chi connectivity index (χ0n) is 12.2. The van der Waals surface area contributed by atoms with E-state index >= 15 is 0 Å². The summed E-state index contributed by atoms with van der Waals surface area (Å²) in [6.07, 6.45) is 9.99. The first-order chi connectivity index (χ1) is 9.26. The van der Waals surface area contributed by atoms with Gasteiger partial charge in [-0.3, -0.25) is 9.58 Å². The van der Waals surface area contributed by atoms with Crippen LogP contribution in [0.2, 0.25) is 0 Å². The predicted molar refractivity (Wildman–Crippen MR) is 77.1 cm³/mol. The molecule has 1 aromatic heterocycles. The summed E-state index contributed by atoms with van der Waals surface area (Å²) in [5.74, 6) is 0. The van der Waals surface area contributed by atoms with Crippen LogP contribution in [0.1, 0.15) is 37.8 Å². The Morgan fingerprint density at radius 2 is 2.05 bits per heavy atom. The van der Waals surface area contributed by atoms with E-state index in [1.165, 1.54) is 44.3 Å². The Bertz CT molecular complexity index is 400. The van der Waals surface area contributed by atoms with Crippen molar-refractivity contribution in [2.75, 3.05) is 13.6 Å². The fourth-order valence-corrected chi connectivity index (χ4v) is 3.92. The molecule has 0 aliphatic carbocycles. The van der Waals surface area contributed by atoms with Crippen molar-refractivity contribution in [3.8, 4) is 0 Å². The number of hydrogen-bond donors (Lipinski definition) is 1. The SMILES string of the molecule is CNC1CC2CCCC(C1)N2CCc1ccn(C)n1. The molecule has 2 atom stereocenters. The first-order valence-corrected chi connectivity index (χ1v) is 7.68. The number of nitrogens with zero attached hydrogens (tertiary/aromatic N) is 3. The molecule has 0 saturated carbocycles. The maximum absolute atomic E-state index is 4.50. The van der Waals surface area contributed by atoms with Crippen LogP contribution >= 0.6 is 0 Å². The van der Waals surface area contributed by atoms with Gasteiger partial charge in [0.15, 0.2) is 0 Å². The Hall–Kier alpha value is -0.870. The molecular formula is C15H26N4. The zero-order valence-corrected chi connectivity index (χ0v) is 12.2. The fourth-order valence-electron chi connectivity index (χ4n) is 3.92. The van der Waals surface area contributed by atoms with E-state index < -0.39 is 0 Å². The summed E-state index contributed by atoms with van der Waals surface area (Å²) in [6, 6.07) is 4.49. The van der Waals surface area contributed by atoms with Crippen LogP contribution in [0.15, 0.2) is 12.3 Å². The summed E-state index contributed by atoms with van der Waals surface area (Å²) in [6.45, 7) is 1.18. The summed E-state index contributed by atoms with van der Waals surface area (Å²) >= 11 is 0. The lowest BCUT2D eigenvalue weighted by Crippen LogP contribution is -2.56. The van der Waals surface area contributed by atoms with E-state index in [1.54, 1.807) is 0 Å². The molecule has 0 radical (unpaired) electrons. The molecule has 1 N–H and O–H groups in total. The van der Waals surface area contributed by atoms with Gasteiger partial charge in [-0.2, -0.15) is 5.10 Å². The van der Waals surface area contributed by atoms with Gasteiger partial charge in [0.25, 0.3) is 0 Å². The predicted octanol–water partition coefficient (Wildman–Crippen LogP) is 1.57. The normalized spacial score (nSPS) is 31.6. The van der Waals surface area contributed by atoms with Crippen molar-refractivity contribution >= 4 is 0 Å². The van der Waals surface area contributed by atoms with E-state index in [2.05, 4.69) is 28.4 Å². The van der Waals surface area contributed by atoms with Gasteiger partial charge < -0.3 is 5.32 Å². The third-order valence-electron chi connectivity index (χ3n) is 4.93. The van der Waals surface area contributed by atoms with Crippen LogP contribution < -0.4 is 5.32 Å². The molecular weight excluding hydrogens is 236 g/mol. The van der Waals surface area contributed by atoms with E-state index in [1.807, 2.05) is 17.9 Å². The monoisotopic (exact) mass is 262 g/mol. The first-order valence-electron chi connectivity index (χ1n) is 7.68. The average Bonchev–Trinajstić information content (AvgIpc) is 2.81. The van der Waals surface area contributed by atoms with E-state index in [4.69, 9.17) is 0 Å². The Morgan fingerprint density at radius 1 is 1.32 bits per heavy atom. The zero-order chi connectivity index (χ0) is 13.2. The summed E-state index contributed by atoms with van der Waals surface area (Å²) in [4.78, 5) is 2.77. The number of aryl methyl sites for hydroxylation is 1. The minimum absolute atomic E-state index is 0.737. The summed E-state index contributed by atoms with van der Waals surface area (Å²) in [5.41, 5.74) is 1.23. The van der Waals surface area contributed by atoms with Gasteiger partial charge in [0, 0.05) is 44.3 Å². The van der Waals surface area contributed by atoms with Crippen molar-refractivity contribution in [2.24, 2.45) is 7.05 Å². The third-order valence-corrected chi connectivity index (χ3v) is 4.93. The highest BCUT2D eigenvalue weighted by atomic mass is 15.3. The standard InChI is InChI=1S/C15H26N4/c1-16-13-10-14-4-3-5-15(11-13)19(14)9-7-12-6-8-18(2)17-12/h6,8,13-16H,3-5,7,9-11H2,1-2H3. The second-order valence-corrected chi connectivity index (χ2v) is 6.16. The number of fused-ring (bicyclic) bond motifs is 2. The number of nitrogens with one attached hydrogen (secondary N) is 1. The van der Waals surface area contributed by atoms with Crippen molar-refractivity contribution in [3.05, 3.63) is 18.0 Å². The lowest BCUT2D eigenvalue weighted by Gasteiger charge is -2.49.